The highest BCUT2D eigenvalue weighted by atomic mass is 32.2. The normalized spacial score (nSPS) is 13.6. The number of carbonyl (C=O) groups is 2. The number of benzene rings is 2. The molecular weight excluding hydrogens is 380 g/mol. The minimum Gasteiger partial charge on any atom is -0.462 e. The smallest absolute Gasteiger partial charge is 0.340 e. The molecule has 0 saturated heterocycles. The maximum atomic E-state index is 12.9. The van der Waals surface area contributed by atoms with Gasteiger partial charge in [0.25, 0.3) is 10.0 Å². The van der Waals surface area contributed by atoms with Crippen molar-refractivity contribution in [2.24, 2.45) is 0 Å². The molecule has 2 aromatic rings. The van der Waals surface area contributed by atoms with Crippen LogP contribution in [0.2, 0.25) is 0 Å². The van der Waals surface area contributed by atoms with Gasteiger partial charge in [0.05, 0.1) is 22.8 Å². The van der Waals surface area contributed by atoms with Crippen molar-refractivity contribution in [1.82, 2.24) is 0 Å². The van der Waals surface area contributed by atoms with Crippen LogP contribution < -0.4 is 9.62 Å². The van der Waals surface area contributed by atoms with Gasteiger partial charge in [-0.25, -0.2) is 13.2 Å². The number of ether oxygens (including phenoxy) is 1. The summed E-state index contributed by atoms with van der Waals surface area (Å²) < 4.78 is 33.2. The molecule has 0 aliphatic carbocycles. The van der Waals surface area contributed by atoms with Crippen molar-refractivity contribution in [1.29, 1.82) is 0 Å². The molecule has 0 saturated carbocycles. The van der Waals surface area contributed by atoms with Crippen LogP contribution in [0.3, 0.4) is 0 Å². The van der Waals surface area contributed by atoms with E-state index in [0.717, 1.165) is 17.7 Å². The van der Waals surface area contributed by atoms with Gasteiger partial charge in [0.1, 0.15) is 0 Å². The summed E-state index contributed by atoms with van der Waals surface area (Å²) in [5.41, 5.74) is 1.85. The Morgan fingerprint density at radius 1 is 1.18 bits per heavy atom. The lowest BCUT2D eigenvalue weighted by molar-refractivity contribution is -0.116. The number of rotatable bonds is 5. The maximum Gasteiger partial charge on any atom is 0.340 e. The molecule has 2 aromatic carbocycles. The third-order valence-electron chi connectivity index (χ3n) is 4.53. The highest BCUT2D eigenvalue weighted by Gasteiger charge is 2.24. The van der Waals surface area contributed by atoms with Crippen LogP contribution >= 0.6 is 0 Å². The Bertz CT molecular complexity index is 1020. The summed E-state index contributed by atoms with van der Waals surface area (Å²) in [5.74, 6) is -0.665. The number of nitrogens with one attached hydrogen (secondary N) is 1. The summed E-state index contributed by atoms with van der Waals surface area (Å²) in [7, 11) is -3.92. The van der Waals surface area contributed by atoms with E-state index in [1.54, 1.807) is 36.1 Å². The summed E-state index contributed by atoms with van der Waals surface area (Å²) in [6.07, 6.45) is 1.47. The van der Waals surface area contributed by atoms with Crippen LogP contribution in [0, 0.1) is 0 Å². The highest BCUT2D eigenvalue weighted by molar-refractivity contribution is 7.92. The van der Waals surface area contributed by atoms with E-state index in [4.69, 9.17) is 4.74 Å². The van der Waals surface area contributed by atoms with Gasteiger partial charge in [-0.3, -0.25) is 9.52 Å². The fourth-order valence-corrected chi connectivity index (χ4v) is 4.36. The van der Waals surface area contributed by atoms with Gasteiger partial charge in [0, 0.05) is 19.2 Å². The molecule has 3 rings (SSSR count). The van der Waals surface area contributed by atoms with Crippen LogP contribution in [0.5, 0.6) is 0 Å². The van der Waals surface area contributed by atoms with Gasteiger partial charge < -0.3 is 9.64 Å². The van der Waals surface area contributed by atoms with Gasteiger partial charge in [0.2, 0.25) is 5.91 Å². The van der Waals surface area contributed by atoms with Crippen molar-refractivity contribution >= 4 is 33.3 Å². The first kappa shape index (κ1) is 19.9. The van der Waals surface area contributed by atoms with Gasteiger partial charge in [-0.05, 0) is 55.7 Å². The number of para-hydroxylation sites is 1. The molecule has 0 aromatic heterocycles. The van der Waals surface area contributed by atoms with E-state index < -0.39 is 16.0 Å². The summed E-state index contributed by atoms with van der Waals surface area (Å²) in [5, 5.41) is 0. The first-order chi connectivity index (χ1) is 13.3. The number of aryl methyl sites for hydroxylation is 1. The molecule has 0 bridgehead atoms. The molecule has 7 nitrogen and oxygen atoms in total. The summed E-state index contributed by atoms with van der Waals surface area (Å²) in [6, 6.07) is 11.0. The summed E-state index contributed by atoms with van der Waals surface area (Å²) in [4.78, 5) is 25.6. The van der Waals surface area contributed by atoms with Crippen molar-refractivity contribution in [3.8, 4) is 0 Å². The monoisotopic (exact) mass is 402 g/mol. The zero-order chi connectivity index (χ0) is 20.3. The Balaban J connectivity index is 1.93. The van der Waals surface area contributed by atoms with E-state index in [9.17, 15) is 18.0 Å². The Hall–Kier alpha value is -2.87. The Morgan fingerprint density at radius 2 is 1.93 bits per heavy atom. The second-order valence-corrected chi connectivity index (χ2v) is 8.12. The number of esters is 1. The summed E-state index contributed by atoms with van der Waals surface area (Å²) >= 11 is 0. The second-order valence-electron chi connectivity index (χ2n) is 6.44. The number of hydrogen-bond donors (Lipinski definition) is 1. The molecule has 0 atom stereocenters. The zero-order valence-electron chi connectivity index (χ0n) is 15.8. The average Bonchev–Trinajstić information content (AvgIpc) is 2.67. The van der Waals surface area contributed by atoms with Gasteiger partial charge in [-0.2, -0.15) is 0 Å². The number of amides is 1. The predicted octanol–water partition coefficient (Wildman–Crippen LogP) is 2.96. The predicted molar refractivity (Wildman–Crippen MR) is 106 cm³/mol. The molecule has 1 amide bonds. The van der Waals surface area contributed by atoms with E-state index in [2.05, 4.69) is 4.72 Å². The molecule has 1 aliphatic heterocycles. The lowest BCUT2D eigenvalue weighted by Crippen LogP contribution is -2.33. The van der Waals surface area contributed by atoms with Gasteiger partial charge in [-0.15, -0.1) is 0 Å². The maximum absolute atomic E-state index is 12.9. The topological polar surface area (TPSA) is 92.8 Å². The number of carbonyl (C=O) groups excluding carboxylic acids is 2. The van der Waals surface area contributed by atoms with E-state index in [-0.39, 0.29) is 28.7 Å². The van der Waals surface area contributed by atoms with Crippen LogP contribution in [-0.4, -0.2) is 33.4 Å². The van der Waals surface area contributed by atoms with Crippen LogP contribution in [0.4, 0.5) is 11.4 Å². The third-order valence-corrected chi connectivity index (χ3v) is 5.89. The quantitative estimate of drug-likeness (QED) is 0.776. The second kappa shape index (κ2) is 8.02. The van der Waals surface area contributed by atoms with Crippen LogP contribution in [0.25, 0.3) is 0 Å². The van der Waals surface area contributed by atoms with Crippen molar-refractivity contribution in [2.75, 3.05) is 22.8 Å². The molecule has 0 unspecified atom stereocenters. The molecule has 28 heavy (non-hydrogen) atoms. The number of fused-ring (bicyclic) bond motifs is 1. The third kappa shape index (κ3) is 4.01. The minimum absolute atomic E-state index is 0.0713. The molecule has 1 aliphatic rings. The first-order valence-electron chi connectivity index (χ1n) is 9.03. The SMILES string of the molecule is CCOC(=O)c1ccccc1NS(=O)(=O)c1ccc2c(c1)CCCN2C(C)=O. The molecule has 0 radical (unpaired) electrons. The van der Waals surface area contributed by atoms with E-state index in [1.165, 1.54) is 25.1 Å². The molecule has 1 N–H and O–H groups in total. The van der Waals surface area contributed by atoms with Gasteiger partial charge in [0.15, 0.2) is 0 Å². The lowest BCUT2D eigenvalue weighted by Gasteiger charge is -2.28. The molecule has 8 heteroatoms. The summed E-state index contributed by atoms with van der Waals surface area (Å²) in [6.45, 7) is 3.99. The molecule has 0 fully saturated rings. The first-order valence-corrected chi connectivity index (χ1v) is 10.5. The minimum atomic E-state index is -3.92. The van der Waals surface area contributed by atoms with Crippen molar-refractivity contribution < 1.29 is 22.7 Å². The van der Waals surface area contributed by atoms with Crippen LogP contribution in [-0.2, 0) is 26.0 Å². The Morgan fingerprint density at radius 3 is 2.64 bits per heavy atom. The average molecular weight is 402 g/mol. The Kier molecular flexibility index (Phi) is 5.69. The number of nitrogens with zero attached hydrogens (tertiary/aromatic N) is 1. The van der Waals surface area contributed by atoms with E-state index in [1.807, 2.05) is 0 Å². The van der Waals surface area contributed by atoms with Crippen molar-refractivity contribution in [3.05, 3.63) is 53.6 Å². The number of hydrogen-bond acceptors (Lipinski definition) is 5. The molecule has 1 heterocycles. The number of anilines is 2. The number of sulfonamides is 1. The molecular formula is C20H22N2O5S. The van der Waals surface area contributed by atoms with Gasteiger partial charge >= 0.3 is 5.97 Å². The Labute approximate surface area is 164 Å². The zero-order valence-corrected chi connectivity index (χ0v) is 16.6. The largest absolute Gasteiger partial charge is 0.462 e. The fourth-order valence-electron chi connectivity index (χ4n) is 3.23. The standard InChI is InChI=1S/C20H22N2O5S/c1-3-27-20(24)17-8-4-5-9-18(17)21-28(25,26)16-10-11-19-15(13-16)7-6-12-22(19)14(2)23/h4-5,8-11,13,21H,3,6-7,12H2,1-2H3. The molecule has 148 valence electrons. The van der Waals surface area contributed by atoms with Gasteiger partial charge in [-0.1, -0.05) is 12.1 Å². The van der Waals surface area contributed by atoms with Crippen molar-refractivity contribution in [2.45, 2.75) is 31.6 Å². The lowest BCUT2D eigenvalue weighted by atomic mass is 10.0. The van der Waals surface area contributed by atoms with Crippen molar-refractivity contribution in [3.63, 3.8) is 0 Å². The highest BCUT2D eigenvalue weighted by Crippen LogP contribution is 2.30. The van der Waals surface area contributed by atoms with E-state index >= 15 is 0 Å². The van der Waals surface area contributed by atoms with E-state index in [0.29, 0.717) is 13.0 Å². The fraction of sp³-hybridized carbons (Fsp3) is 0.300. The van der Waals surface area contributed by atoms with Crippen LogP contribution in [0.1, 0.15) is 36.2 Å². The molecule has 0 spiro atoms. The van der Waals surface area contributed by atoms with Crippen LogP contribution in [0.15, 0.2) is 47.4 Å².